The number of nitrogens with one attached hydrogen (secondary N) is 1. The van der Waals surface area contributed by atoms with Gasteiger partial charge in [0, 0.05) is 23.9 Å². The van der Waals surface area contributed by atoms with Gasteiger partial charge in [-0.3, -0.25) is 25.0 Å². The summed E-state index contributed by atoms with van der Waals surface area (Å²) in [6, 6.07) is 10.2. The van der Waals surface area contributed by atoms with Crippen molar-refractivity contribution in [3.8, 4) is 10.6 Å². The first-order valence-electron chi connectivity index (χ1n) is 9.35. The number of nitro groups is 2. The Kier molecular flexibility index (Phi) is 5.51. The second-order valence-corrected chi connectivity index (χ2v) is 9.74. The molecule has 4 aromatic rings. The van der Waals surface area contributed by atoms with E-state index in [0.717, 1.165) is 28.0 Å². The van der Waals surface area contributed by atoms with Crippen molar-refractivity contribution in [1.82, 2.24) is 9.97 Å². The van der Waals surface area contributed by atoms with Crippen LogP contribution in [0, 0.1) is 34.1 Å². The van der Waals surface area contributed by atoms with Gasteiger partial charge in [0.2, 0.25) is 0 Å². The zero-order chi connectivity index (χ0) is 23.9. The molecule has 0 aliphatic carbocycles. The average molecular weight is 486 g/mol. The maximum atomic E-state index is 12.9. The first-order chi connectivity index (χ1) is 15.6. The summed E-state index contributed by atoms with van der Waals surface area (Å²) in [5.74, 6) is 0. The highest BCUT2D eigenvalue weighted by atomic mass is 32.2. The average Bonchev–Trinajstić information content (AvgIpc) is 3.19. The summed E-state index contributed by atoms with van der Waals surface area (Å²) in [7, 11) is -4.34. The predicted molar refractivity (Wildman–Crippen MR) is 123 cm³/mol. The van der Waals surface area contributed by atoms with Gasteiger partial charge >= 0.3 is 0 Å². The Balaban J connectivity index is 1.70. The number of anilines is 1. The Morgan fingerprint density at radius 1 is 1.00 bits per heavy atom. The van der Waals surface area contributed by atoms with E-state index < -0.39 is 36.1 Å². The lowest BCUT2D eigenvalue weighted by atomic mass is 10.1. The molecule has 0 saturated carbocycles. The van der Waals surface area contributed by atoms with Crippen molar-refractivity contribution >= 4 is 48.8 Å². The highest BCUT2D eigenvalue weighted by molar-refractivity contribution is 7.92. The number of nitro benzene ring substituents is 2. The van der Waals surface area contributed by atoms with E-state index in [0.29, 0.717) is 10.6 Å². The Morgan fingerprint density at radius 2 is 1.67 bits per heavy atom. The number of pyridine rings is 1. The molecule has 0 radical (unpaired) electrons. The summed E-state index contributed by atoms with van der Waals surface area (Å²) in [5.41, 5.74) is 0.780. The summed E-state index contributed by atoms with van der Waals surface area (Å²) >= 11 is 1.40. The van der Waals surface area contributed by atoms with E-state index >= 15 is 0 Å². The molecular weight excluding hydrogens is 470 g/mol. The number of hydrogen-bond donors (Lipinski definition) is 1. The van der Waals surface area contributed by atoms with Crippen LogP contribution in [-0.2, 0) is 10.0 Å². The standard InChI is InChI=1S/C20H15N5O6S2/c1-11-8-13(19-22-16-4-3-7-21-20(16)32-19)5-6-15(11)23-33(30,31)14-9-17(24(26)27)12(2)18(10-14)25(28)29/h3-10,23H,1-2H3. The van der Waals surface area contributed by atoms with Crippen molar-refractivity contribution in [2.24, 2.45) is 0 Å². The van der Waals surface area contributed by atoms with Crippen LogP contribution in [0.1, 0.15) is 11.1 Å². The van der Waals surface area contributed by atoms with Crippen molar-refractivity contribution in [1.29, 1.82) is 0 Å². The molecular formula is C20H15N5O6S2. The summed E-state index contributed by atoms with van der Waals surface area (Å²) in [6.45, 7) is 2.88. The van der Waals surface area contributed by atoms with Gasteiger partial charge in [0.15, 0.2) is 0 Å². The molecule has 2 aromatic carbocycles. The van der Waals surface area contributed by atoms with Crippen molar-refractivity contribution in [2.45, 2.75) is 18.7 Å². The van der Waals surface area contributed by atoms with Crippen LogP contribution < -0.4 is 4.72 Å². The third-order valence-electron chi connectivity index (χ3n) is 4.91. The molecule has 11 nitrogen and oxygen atoms in total. The lowest BCUT2D eigenvalue weighted by Gasteiger charge is -2.12. The zero-order valence-electron chi connectivity index (χ0n) is 17.2. The van der Waals surface area contributed by atoms with Gasteiger partial charge in [-0.15, -0.1) is 0 Å². The smallest absolute Gasteiger partial charge is 0.279 e. The fraction of sp³-hybridized carbons (Fsp3) is 0.100. The van der Waals surface area contributed by atoms with Gasteiger partial charge in [0.25, 0.3) is 21.4 Å². The number of rotatable bonds is 6. The van der Waals surface area contributed by atoms with Gasteiger partial charge in [0.05, 0.1) is 15.5 Å². The molecule has 0 spiro atoms. The van der Waals surface area contributed by atoms with Crippen LogP contribution in [0.25, 0.3) is 20.9 Å². The number of benzene rings is 2. The molecule has 1 N–H and O–H groups in total. The van der Waals surface area contributed by atoms with Crippen molar-refractivity contribution in [3.05, 3.63) is 80.0 Å². The van der Waals surface area contributed by atoms with Gasteiger partial charge < -0.3 is 0 Å². The monoisotopic (exact) mass is 485 g/mol. The number of aryl methyl sites for hydroxylation is 1. The summed E-state index contributed by atoms with van der Waals surface area (Å²) in [6.07, 6.45) is 1.67. The van der Waals surface area contributed by atoms with Crippen LogP contribution in [0.2, 0.25) is 0 Å². The second-order valence-electron chi connectivity index (χ2n) is 7.08. The van der Waals surface area contributed by atoms with E-state index in [2.05, 4.69) is 14.7 Å². The van der Waals surface area contributed by atoms with Crippen LogP contribution in [0.5, 0.6) is 0 Å². The fourth-order valence-electron chi connectivity index (χ4n) is 3.20. The first kappa shape index (κ1) is 22.2. The molecule has 168 valence electrons. The topological polar surface area (TPSA) is 158 Å². The van der Waals surface area contributed by atoms with E-state index in [1.54, 1.807) is 37.4 Å². The SMILES string of the molecule is Cc1cc(-c2nc3cccnc3s2)ccc1NS(=O)(=O)c1cc([N+](=O)[O-])c(C)c([N+](=O)[O-])c1. The van der Waals surface area contributed by atoms with Crippen molar-refractivity contribution < 1.29 is 18.3 Å². The Hall–Kier alpha value is -3.97. The minimum absolute atomic E-state index is 0.226. The quantitative estimate of drug-likeness (QED) is 0.307. The molecule has 0 unspecified atom stereocenters. The molecule has 2 heterocycles. The van der Waals surface area contributed by atoms with E-state index in [9.17, 15) is 28.6 Å². The molecule has 0 aliphatic rings. The number of thiazole rings is 1. The van der Waals surface area contributed by atoms with E-state index in [4.69, 9.17) is 0 Å². The van der Waals surface area contributed by atoms with Crippen molar-refractivity contribution in [3.63, 3.8) is 0 Å². The third kappa shape index (κ3) is 4.23. The van der Waals surface area contributed by atoms with Crippen LogP contribution in [0.15, 0.2) is 53.6 Å². The van der Waals surface area contributed by atoms with Gasteiger partial charge in [0.1, 0.15) is 25.8 Å². The fourth-order valence-corrected chi connectivity index (χ4v) is 5.28. The Labute approximate surface area is 191 Å². The Bertz CT molecular complexity index is 1480. The molecule has 0 aliphatic heterocycles. The van der Waals surface area contributed by atoms with E-state index in [1.165, 1.54) is 18.3 Å². The molecule has 0 fully saturated rings. The van der Waals surface area contributed by atoms with Gasteiger partial charge in [-0.1, -0.05) is 11.3 Å². The normalized spacial score (nSPS) is 11.5. The van der Waals surface area contributed by atoms with E-state index in [-0.39, 0.29) is 11.3 Å². The van der Waals surface area contributed by atoms with E-state index in [1.807, 2.05) is 6.07 Å². The molecule has 0 atom stereocenters. The van der Waals surface area contributed by atoms with Crippen LogP contribution in [-0.4, -0.2) is 28.2 Å². The number of aromatic nitrogens is 2. The first-order valence-corrected chi connectivity index (χ1v) is 11.7. The minimum atomic E-state index is -4.34. The number of nitrogens with zero attached hydrogens (tertiary/aromatic N) is 4. The summed E-state index contributed by atoms with van der Waals surface area (Å²) < 4.78 is 28.2. The van der Waals surface area contributed by atoms with Crippen LogP contribution >= 0.6 is 11.3 Å². The lowest BCUT2D eigenvalue weighted by molar-refractivity contribution is -0.395. The number of hydrogen-bond acceptors (Lipinski definition) is 9. The largest absolute Gasteiger partial charge is 0.280 e. The summed E-state index contributed by atoms with van der Waals surface area (Å²) in [4.78, 5) is 29.8. The maximum absolute atomic E-state index is 12.9. The molecule has 13 heteroatoms. The molecule has 0 saturated heterocycles. The molecule has 4 rings (SSSR count). The predicted octanol–water partition coefficient (Wildman–Crippen LogP) is 4.59. The lowest BCUT2D eigenvalue weighted by Crippen LogP contribution is -2.15. The molecule has 0 amide bonds. The highest BCUT2D eigenvalue weighted by Crippen LogP contribution is 2.34. The molecule has 33 heavy (non-hydrogen) atoms. The highest BCUT2D eigenvalue weighted by Gasteiger charge is 2.28. The third-order valence-corrected chi connectivity index (χ3v) is 7.29. The van der Waals surface area contributed by atoms with Crippen LogP contribution in [0.3, 0.4) is 0 Å². The van der Waals surface area contributed by atoms with Crippen LogP contribution in [0.4, 0.5) is 17.1 Å². The second kappa shape index (κ2) is 8.18. The number of sulfonamides is 1. The van der Waals surface area contributed by atoms with Crippen molar-refractivity contribution in [2.75, 3.05) is 4.72 Å². The minimum Gasteiger partial charge on any atom is -0.279 e. The molecule has 0 bridgehead atoms. The Morgan fingerprint density at radius 3 is 2.24 bits per heavy atom. The van der Waals surface area contributed by atoms with Gasteiger partial charge in [-0.25, -0.2) is 18.4 Å². The zero-order valence-corrected chi connectivity index (χ0v) is 18.8. The van der Waals surface area contributed by atoms with Gasteiger partial charge in [-0.05, 0) is 49.7 Å². The maximum Gasteiger partial charge on any atom is 0.280 e. The summed E-state index contributed by atoms with van der Waals surface area (Å²) in [5, 5.41) is 23.3. The van der Waals surface area contributed by atoms with Gasteiger partial charge in [-0.2, -0.15) is 0 Å². The number of fused-ring (bicyclic) bond motifs is 1. The molecule has 2 aromatic heterocycles.